The van der Waals surface area contributed by atoms with Gasteiger partial charge in [0.1, 0.15) is 0 Å². The summed E-state index contributed by atoms with van der Waals surface area (Å²) in [5.41, 5.74) is 22.4. The third-order valence-electron chi connectivity index (χ3n) is 17.7. The zero-order chi connectivity index (χ0) is 62.8. The molecule has 4 atom stereocenters. The number of ether oxygens (including phenoxy) is 1. The number of aryl methyl sites for hydroxylation is 6. The van der Waals surface area contributed by atoms with Crippen LogP contribution in [0.2, 0.25) is 0 Å². The largest absolute Gasteiger partial charge is 0.481 e. The summed E-state index contributed by atoms with van der Waals surface area (Å²) in [5, 5.41) is 62.3. The van der Waals surface area contributed by atoms with Crippen molar-refractivity contribution < 1.29 is 54.6 Å². The van der Waals surface area contributed by atoms with Gasteiger partial charge in [-0.2, -0.15) is 0 Å². The molecule has 0 fully saturated rings. The second-order valence-corrected chi connectivity index (χ2v) is 23.4. The summed E-state index contributed by atoms with van der Waals surface area (Å²) in [6.07, 6.45) is -2.78. The van der Waals surface area contributed by atoms with Crippen LogP contribution in [0.15, 0.2) is 48.5 Å². The number of rotatable bonds is 18. The van der Waals surface area contributed by atoms with Gasteiger partial charge in [-0.1, -0.05) is 0 Å². The molecule has 4 unspecified atom stereocenters. The molecule has 0 radical (unpaired) electrons. The number of nitrogens with one attached hydrogen (secondary N) is 4. The van der Waals surface area contributed by atoms with Crippen molar-refractivity contribution in [2.24, 2.45) is 0 Å². The van der Waals surface area contributed by atoms with E-state index in [1.807, 2.05) is 118 Å². The van der Waals surface area contributed by atoms with Crippen molar-refractivity contribution in [3.63, 3.8) is 0 Å². The highest BCUT2D eigenvalue weighted by Crippen LogP contribution is 2.42. The number of carboxylic acids is 4. The fourth-order valence-corrected chi connectivity index (χ4v) is 13.0. The molecule has 452 valence electrons. The molecule has 0 aromatic carbocycles. The average molecular weight is 1180 g/mol. The van der Waals surface area contributed by atoms with Gasteiger partial charge in [0.25, 0.3) is 0 Å². The second-order valence-electron chi connectivity index (χ2n) is 23.4. The molecule has 10 N–H and O–H groups in total. The second kappa shape index (κ2) is 24.0. The molecule has 19 nitrogen and oxygen atoms in total. The van der Waals surface area contributed by atoms with E-state index in [0.29, 0.717) is 101 Å². The predicted octanol–water partition coefficient (Wildman–Crippen LogP) is 13.3. The van der Waals surface area contributed by atoms with Crippen LogP contribution in [0.1, 0.15) is 196 Å². The van der Waals surface area contributed by atoms with Crippen LogP contribution in [-0.4, -0.2) is 107 Å². The maximum atomic E-state index is 12.2. The molecule has 0 saturated heterocycles. The third-order valence-corrected chi connectivity index (χ3v) is 17.7. The Morgan fingerprint density at radius 3 is 1.00 bits per heavy atom. The van der Waals surface area contributed by atoms with Crippen molar-refractivity contribution in [1.82, 2.24) is 39.9 Å². The van der Waals surface area contributed by atoms with Gasteiger partial charge >= 0.3 is 23.9 Å². The van der Waals surface area contributed by atoms with Crippen LogP contribution in [0.4, 0.5) is 0 Å². The van der Waals surface area contributed by atoms with E-state index in [4.69, 9.17) is 24.7 Å². The molecule has 16 bridgehead atoms. The Morgan fingerprint density at radius 1 is 0.379 bits per heavy atom. The van der Waals surface area contributed by atoms with E-state index in [1.165, 1.54) is 0 Å². The number of carbonyl (C=O) groups is 4. The van der Waals surface area contributed by atoms with Gasteiger partial charge in [0.2, 0.25) is 0 Å². The molecule has 4 aliphatic rings. The number of aliphatic hydroxyl groups is 2. The molecule has 10 rings (SSSR count). The van der Waals surface area contributed by atoms with Crippen molar-refractivity contribution in [3.05, 3.63) is 139 Å². The Hall–Kier alpha value is -9.04. The normalized spacial score (nSPS) is 15.0. The van der Waals surface area contributed by atoms with Crippen molar-refractivity contribution in [2.45, 2.75) is 159 Å². The van der Waals surface area contributed by atoms with E-state index in [0.717, 1.165) is 78.0 Å². The molecule has 10 heterocycles. The number of nitrogens with zero attached hydrogens (tertiary/aromatic N) is 4. The summed E-state index contributed by atoms with van der Waals surface area (Å²) in [6, 6.07) is 15.3. The minimum atomic E-state index is -0.960. The van der Waals surface area contributed by atoms with Gasteiger partial charge in [0.15, 0.2) is 0 Å². The third kappa shape index (κ3) is 11.9. The van der Waals surface area contributed by atoms with Gasteiger partial charge in [0, 0.05) is 92.1 Å². The Labute approximate surface area is 502 Å². The van der Waals surface area contributed by atoms with E-state index < -0.39 is 48.3 Å². The first-order valence-electron chi connectivity index (χ1n) is 29.4. The van der Waals surface area contributed by atoms with Crippen molar-refractivity contribution in [2.75, 3.05) is 0 Å². The van der Waals surface area contributed by atoms with Crippen molar-refractivity contribution in [3.8, 4) is 0 Å². The van der Waals surface area contributed by atoms with Gasteiger partial charge in [-0.3, -0.25) is 19.2 Å². The summed E-state index contributed by atoms with van der Waals surface area (Å²) in [4.78, 5) is 83.4. The SMILES string of the molecule is CC1=C(CCC(=O)O)c2cc3[nH]c(cc4nc(cc5[nH]c(cc1n2)c(C)c5C(C)O)C(C)=C4C(C)OC(C)C1=C(C)c2cc4[nH]c(cc5nc(cc6[nH]c(cc1n2)c(C)c6CCC(=O)O)C(CCC(=O)O)=C5C)c(C)c4C(C)O)c(C)c3CCC(=O)O. The summed E-state index contributed by atoms with van der Waals surface area (Å²) in [7, 11) is 0. The Morgan fingerprint density at radius 2 is 0.655 bits per heavy atom. The minimum Gasteiger partial charge on any atom is -0.481 e. The Kier molecular flexibility index (Phi) is 16.9. The number of aromatic amines is 4. The van der Waals surface area contributed by atoms with E-state index in [-0.39, 0.29) is 51.4 Å². The zero-order valence-electron chi connectivity index (χ0n) is 51.1. The maximum Gasteiger partial charge on any atom is 0.303 e. The highest BCUT2D eigenvalue weighted by atomic mass is 16.5. The fraction of sp³-hybridized carbons (Fsp3) is 0.353. The van der Waals surface area contributed by atoms with Crippen LogP contribution in [0.25, 0.3) is 88.7 Å². The first-order valence-corrected chi connectivity index (χ1v) is 29.4. The molecule has 0 spiro atoms. The lowest BCUT2D eigenvalue weighted by Crippen LogP contribution is -2.20. The molecule has 19 heteroatoms. The van der Waals surface area contributed by atoms with Gasteiger partial charge < -0.3 is 55.3 Å². The first-order chi connectivity index (χ1) is 41.2. The van der Waals surface area contributed by atoms with Crippen LogP contribution in [0.3, 0.4) is 0 Å². The number of aromatic nitrogens is 8. The number of allylic oxidation sites excluding steroid dienone is 6. The number of aliphatic hydroxyl groups excluding tert-OH is 2. The van der Waals surface area contributed by atoms with E-state index >= 15 is 0 Å². The smallest absolute Gasteiger partial charge is 0.303 e. The van der Waals surface area contributed by atoms with Crippen molar-refractivity contribution >= 4 is 113 Å². The number of fused-ring (bicyclic) bond motifs is 16. The standard InChI is InChI=1S/C68H74N8O11/c1-29-41(13-17-61(79)80)53-27-55-43(15-19-63(83)84)31(3)47(71-55)23-59-67(35(7)51(75-59)25-57-65(37(9)77)33(5)49(73-57)21-45(29)69-53)39(11)87-40(12)68-36(8)52-26-58-66(38(10)78)34(6)50(74-58)22-46-30(2)42(14-18-62(81)82)54(70-46)28-56-44(16-20-64(85)86)32(4)48(72-56)24-60(68)76-52/h21-28,37-40,71-74,77-78H,13-20H2,1-12H3,(H,79,80)(H,81,82)(H,83,84)(H,85,86). The summed E-state index contributed by atoms with van der Waals surface area (Å²) < 4.78 is 7.26. The monoisotopic (exact) mass is 1180 g/mol. The van der Waals surface area contributed by atoms with Gasteiger partial charge in [-0.05, 0) is 224 Å². The van der Waals surface area contributed by atoms with E-state index in [1.54, 1.807) is 13.8 Å². The molecule has 0 saturated carbocycles. The van der Waals surface area contributed by atoms with Crippen LogP contribution < -0.4 is 0 Å². The Balaban J connectivity index is 1.17. The van der Waals surface area contributed by atoms with Gasteiger partial charge in [-0.25, -0.2) is 19.9 Å². The molecule has 4 aliphatic heterocycles. The van der Waals surface area contributed by atoms with Crippen LogP contribution >= 0.6 is 0 Å². The van der Waals surface area contributed by atoms with Crippen LogP contribution in [0, 0.1) is 27.7 Å². The lowest BCUT2D eigenvalue weighted by atomic mass is 9.98. The molecule has 0 amide bonds. The van der Waals surface area contributed by atoms with Crippen LogP contribution in [0.5, 0.6) is 0 Å². The number of H-pyrrole nitrogens is 4. The van der Waals surface area contributed by atoms with E-state index in [2.05, 4.69) is 19.9 Å². The highest BCUT2D eigenvalue weighted by Gasteiger charge is 2.31. The highest BCUT2D eigenvalue weighted by molar-refractivity contribution is 5.99. The van der Waals surface area contributed by atoms with Gasteiger partial charge in [0.05, 0.1) is 70.0 Å². The molecule has 6 aromatic rings. The lowest BCUT2D eigenvalue weighted by Gasteiger charge is -2.23. The zero-order valence-corrected chi connectivity index (χ0v) is 51.1. The minimum absolute atomic E-state index is 0.128. The lowest BCUT2D eigenvalue weighted by molar-refractivity contribution is -0.138. The summed E-state index contributed by atoms with van der Waals surface area (Å²) >= 11 is 0. The summed E-state index contributed by atoms with van der Waals surface area (Å²) in [6.45, 7) is 22.9. The van der Waals surface area contributed by atoms with Gasteiger partial charge in [-0.15, -0.1) is 0 Å². The Bertz CT molecular complexity index is 4140. The topological polar surface area (TPSA) is 314 Å². The summed E-state index contributed by atoms with van der Waals surface area (Å²) in [5.74, 6) is -3.82. The fourth-order valence-electron chi connectivity index (χ4n) is 13.0. The number of carboxylic acid groups (broad SMARTS) is 4. The number of hydrogen-bond acceptors (Lipinski definition) is 11. The quantitative estimate of drug-likeness (QED) is 0.0382. The maximum absolute atomic E-state index is 12.2. The molecule has 87 heavy (non-hydrogen) atoms. The molecular formula is C68H74N8O11. The first kappa shape index (κ1) is 61.1. The number of aliphatic carboxylic acids is 4. The molecular weight excluding hydrogens is 1100 g/mol. The predicted molar refractivity (Wildman–Crippen MR) is 338 cm³/mol. The average Bonchev–Trinajstić information content (AvgIpc) is 2.66. The van der Waals surface area contributed by atoms with Crippen molar-refractivity contribution in [1.29, 1.82) is 0 Å². The van der Waals surface area contributed by atoms with E-state index in [9.17, 15) is 49.8 Å². The number of hydrogen-bond donors (Lipinski definition) is 10. The van der Waals surface area contributed by atoms with Crippen LogP contribution in [-0.2, 0) is 36.8 Å². The molecule has 0 aliphatic carbocycles. The molecule has 6 aromatic heterocycles.